The van der Waals surface area contributed by atoms with Crippen molar-refractivity contribution in [2.75, 3.05) is 11.1 Å². The van der Waals surface area contributed by atoms with Crippen LogP contribution >= 0.6 is 0 Å². The normalized spacial score (nSPS) is 10.0. The van der Waals surface area contributed by atoms with E-state index in [0.29, 0.717) is 17.9 Å². The molecule has 0 radical (unpaired) electrons. The molecule has 0 fully saturated rings. The molecule has 18 heavy (non-hydrogen) atoms. The van der Waals surface area contributed by atoms with Crippen molar-refractivity contribution in [3.63, 3.8) is 0 Å². The summed E-state index contributed by atoms with van der Waals surface area (Å²) in [4.78, 5) is 14.4. The first-order chi connectivity index (χ1) is 8.66. The maximum atomic E-state index is 10.7. The fraction of sp³-hybridized carbons (Fsp3) is 0.0833. The lowest BCUT2D eigenvalue weighted by atomic mass is 10.2. The Labute approximate surface area is 104 Å². The standard InChI is InChI=1S/C12H12N4O2/c13-11-5-4-10(16(17)18)7-12(11)15-8-9-3-1-2-6-14-9/h1-7,15H,8,13H2. The molecule has 0 saturated carbocycles. The average molecular weight is 244 g/mol. The van der Waals surface area contributed by atoms with Crippen molar-refractivity contribution < 1.29 is 4.92 Å². The highest BCUT2D eigenvalue weighted by Gasteiger charge is 2.08. The number of non-ortho nitro benzene ring substituents is 1. The molecule has 2 aromatic rings. The zero-order valence-electron chi connectivity index (χ0n) is 9.54. The molecule has 1 aromatic heterocycles. The summed E-state index contributed by atoms with van der Waals surface area (Å²) < 4.78 is 0. The van der Waals surface area contributed by atoms with Gasteiger partial charge in [-0.1, -0.05) is 6.07 Å². The number of rotatable bonds is 4. The fourth-order valence-electron chi connectivity index (χ4n) is 1.50. The second kappa shape index (κ2) is 5.13. The minimum absolute atomic E-state index is 0.00715. The number of nitro groups is 1. The number of nitrogens with one attached hydrogen (secondary N) is 1. The second-order valence-corrected chi connectivity index (χ2v) is 3.70. The van der Waals surface area contributed by atoms with Crippen molar-refractivity contribution in [3.8, 4) is 0 Å². The van der Waals surface area contributed by atoms with Gasteiger partial charge in [0, 0.05) is 18.3 Å². The van der Waals surface area contributed by atoms with Gasteiger partial charge in [-0.05, 0) is 18.2 Å². The van der Waals surface area contributed by atoms with E-state index in [0.717, 1.165) is 5.69 Å². The van der Waals surface area contributed by atoms with E-state index in [2.05, 4.69) is 10.3 Å². The Bertz CT molecular complexity index is 557. The molecule has 1 heterocycles. The third-order valence-electron chi connectivity index (χ3n) is 2.43. The van der Waals surface area contributed by atoms with Gasteiger partial charge >= 0.3 is 0 Å². The van der Waals surface area contributed by atoms with Crippen LogP contribution in [0, 0.1) is 10.1 Å². The van der Waals surface area contributed by atoms with Crippen LogP contribution in [0.5, 0.6) is 0 Å². The third-order valence-corrected chi connectivity index (χ3v) is 2.43. The molecule has 1 aromatic carbocycles. The number of nitro benzene ring substituents is 1. The van der Waals surface area contributed by atoms with Gasteiger partial charge in [0.2, 0.25) is 0 Å². The molecular formula is C12H12N4O2. The van der Waals surface area contributed by atoms with Crippen LogP contribution in [-0.4, -0.2) is 9.91 Å². The zero-order valence-corrected chi connectivity index (χ0v) is 9.54. The monoisotopic (exact) mass is 244 g/mol. The van der Waals surface area contributed by atoms with Crippen LogP contribution in [0.15, 0.2) is 42.6 Å². The summed E-state index contributed by atoms with van der Waals surface area (Å²) in [6.07, 6.45) is 1.69. The maximum Gasteiger partial charge on any atom is 0.271 e. The van der Waals surface area contributed by atoms with Crippen LogP contribution in [0.4, 0.5) is 17.1 Å². The maximum absolute atomic E-state index is 10.7. The molecule has 0 unspecified atom stereocenters. The minimum Gasteiger partial charge on any atom is -0.397 e. The van der Waals surface area contributed by atoms with Gasteiger partial charge in [0.05, 0.1) is 28.5 Å². The van der Waals surface area contributed by atoms with Crippen LogP contribution in [0.2, 0.25) is 0 Å². The van der Waals surface area contributed by atoms with Crippen molar-refractivity contribution in [2.45, 2.75) is 6.54 Å². The molecule has 2 rings (SSSR count). The average Bonchev–Trinajstić information content (AvgIpc) is 2.38. The number of hydrogen-bond donors (Lipinski definition) is 2. The molecular weight excluding hydrogens is 232 g/mol. The van der Waals surface area contributed by atoms with Crippen molar-refractivity contribution in [1.29, 1.82) is 0 Å². The van der Waals surface area contributed by atoms with Gasteiger partial charge in [0.15, 0.2) is 0 Å². The number of hydrogen-bond acceptors (Lipinski definition) is 5. The summed E-state index contributed by atoms with van der Waals surface area (Å²) in [5, 5.41) is 13.7. The summed E-state index contributed by atoms with van der Waals surface area (Å²) in [5.41, 5.74) is 7.60. The van der Waals surface area contributed by atoms with Gasteiger partial charge in [-0.15, -0.1) is 0 Å². The van der Waals surface area contributed by atoms with Gasteiger partial charge < -0.3 is 11.1 Å². The Morgan fingerprint density at radius 2 is 2.17 bits per heavy atom. The largest absolute Gasteiger partial charge is 0.397 e. The van der Waals surface area contributed by atoms with E-state index in [-0.39, 0.29) is 5.69 Å². The molecule has 0 spiro atoms. The number of aromatic nitrogens is 1. The van der Waals surface area contributed by atoms with E-state index in [1.165, 1.54) is 18.2 Å². The van der Waals surface area contributed by atoms with E-state index < -0.39 is 4.92 Å². The van der Waals surface area contributed by atoms with E-state index in [9.17, 15) is 10.1 Å². The van der Waals surface area contributed by atoms with E-state index in [4.69, 9.17) is 5.73 Å². The third kappa shape index (κ3) is 2.73. The molecule has 0 saturated heterocycles. The molecule has 3 N–H and O–H groups in total. The summed E-state index contributed by atoms with van der Waals surface area (Å²) >= 11 is 0. The molecule has 0 bridgehead atoms. The number of pyridine rings is 1. The van der Waals surface area contributed by atoms with Gasteiger partial charge in [-0.25, -0.2) is 0 Å². The van der Waals surface area contributed by atoms with Gasteiger partial charge in [0.25, 0.3) is 5.69 Å². The highest BCUT2D eigenvalue weighted by Crippen LogP contribution is 2.24. The van der Waals surface area contributed by atoms with E-state index >= 15 is 0 Å². The fourth-order valence-corrected chi connectivity index (χ4v) is 1.50. The molecule has 0 amide bonds. The Morgan fingerprint density at radius 3 is 2.83 bits per heavy atom. The number of benzene rings is 1. The van der Waals surface area contributed by atoms with Crippen LogP contribution < -0.4 is 11.1 Å². The van der Waals surface area contributed by atoms with Crippen molar-refractivity contribution >= 4 is 17.1 Å². The molecule has 0 aliphatic carbocycles. The van der Waals surface area contributed by atoms with Crippen LogP contribution in [0.25, 0.3) is 0 Å². The quantitative estimate of drug-likeness (QED) is 0.488. The molecule has 6 nitrogen and oxygen atoms in total. The number of nitrogen functional groups attached to an aromatic ring is 1. The van der Waals surface area contributed by atoms with Crippen molar-refractivity contribution in [2.24, 2.45) is 0 Å². The Balaban J connectivity index is 2.14. The van der Waals surface area contributed by atoms with Gasteiger partial charge in [-0.3, -0.25) is 15.1 Å². The van der Waals surface area contributed by atoms with Crippen molar-refractivity contribution in [3.05, 3.63) is 58.4 Å². The summed E-state index contributed by atoms with van der Waals surface area (Å²) in [6.45, 7) is 0.464. The topological polar surface area (TPSA) is 94.1 Å². The lowest BCUT2D eigenvalue weighted by molar-refractivity contribution is -0.384. The Kier molecular flexibility index (Phi) is 3.38. The highest BCUT2D eigenvalue weighted by molar-refractivity contribution is 5.69. The number of nitrogens with zero attached hydrogens (tertiary/aromatic N) is 2. The number of nitrogens with two attached hydrogens (primary N) is 1. The number of anilines is 2. The van der Waals surface area contributed by atoms with Crippen LogP contribution in [-0.2, 0) is 6.54 Å². The summed E-state index contributed by atoms with van der Waals surface area (Å²) in [6, 6.07) is 9.87. The van der Waals surface area contributed by atoms with Crippen molar-refractivity contribution in [1.82, 2.24) is 4.98 Å². The van der Waals surface area contributed by atoms with E-state index in [1.807, 2.05) is 18.2 Å². The van der Waals surface area contributed by atoms with Crippen LogP contribution in [0.3, 0.4) is 0 Å². The van der Waals surface area contributed by atoms with E-state index in [1.54, 1.807) is 6.20 Å². The second-order valence-electron chi connectivity index (χ2n) is 3.70. The first kappa shape index (κ1) is 11.8. The molecule has 0 aliphatic heterocycles. The Morgan fingerprint density at radius 1 is 1.33 bits per heavy atom. The molecule has 0 aliphatic rings. The first-order valence-corrected chi connectivity index (χ1v) is 5.34. The predicted molar refractivity (Wildman–Crippen MR) is 69.1 cm³/mol. The summed E-state index contributed by atoms with van der Waals surface area (Å²) in [7, 11) is 0. The molecule has 0 atom stereocenters. The smallest absolute Gasteiger partial charge is 0.271 e. The van der Waals surface area contributed by atoms with Gasteiger partial charge in [-0.2, -0.15) is 0 Å². The lowest BCUT2D eigenvalue weighted by Gasteiger charge is -2.08. The lowest BCUT2D eigenvalue weighted by Crippen LogP contribution is -2.04. The first-order valence-electron chi connectivity index (χ1n) is 5.34. The molecule has 92 valence electrons. The van der Waals surface area contributed by atoms with Gasteiger partial charge in [0.1, 0.15) is 0 Å². The SMILES string of the molecule is Nc1ccc([N+](=O)[O-])cc1NCc1ccccn1. The molecule has 6 heteroatoms. The minimum atomic E-state index is -0.453. The predicted octanol–water partition coefficient (Wildman–Crippen LogP) is 2.18. The Hall–Kier alpha value is -2.63. The highest BCUT2D eigenvalue weighted by atomic mass is 16.6. The zero-order chi connectivity index (χ0) is 13.0. The van der Waals surface area contributed by atoms with Crippen LogP contribution in [0.1, 0.15) is 5.69 Å². The summed E-state index contributed by atoms with van der Waals surface area (Å²) in [5.74, 6) is 0.